The van der Waals surface area contributed by atoms with Crippen molar-refractivity contribution >= 4 is 29.3 Å². The summed E-state index contributed by atoms with van der Waals surface area (Å²) in [5.41, 5.74) is -1.51. The smallest absolute Gasteiger partial charge is 0.330 e. The highest BCUT2D eigenvalue weighted by atomic mass is 32.2. The van der Waals surface area contributed by atoms with Crippen molar-refractivity contribution in [2.75, 3.05) is 11.5 Å². The van der Waals surface area contributed by atoms with Crippen LogP contribution in [0.2, 0.25) is 0 Å². The van der Waals surface area contributed by atoms with Crippen LogP contribution in [0, 0.1) is 10.1 Å². The number of hydrogen-bond acceptors (Lipinski definition) is 7. The Hall–Kier alpha value is -2.95. The van der Waals surface area contributed by atoms with Gasteiger partial charge in [-0.25, -0.2) is 14.5 Å². The van der Waals surface area contributed by atoms with Crippen molar-refractivity contribution in [3.8, 4) is 5.69 Å². The van der Waals surface area contributed by atoms with Gasteiger partial charge in [-0.05, 0) is 24.3 Å². The number of rotatable bonds is 5. The third kappa shape index (κ3) is 3.18. The summed E-state index contributed by atoms with van der Waals surface area (Å²) in [6, 6.07) is 3.86. The highest BCUT2D eigenvalue weighted by Gasteiger charge is 2.43. The molecule has 1 aliphatic heterocycles. The molecule has 2 N–H and O–H groups in total. The number of hydrogen-bond donors (Lipinski definition) is 2. The summed E-state index contributed by atoms with van der Waals surface area (Å²) < 4.78 is 1.21. The van der Waals surface area contributed by atoms with Crippen LogP contribution < -0.4 is 5.32 Å². The van der Waals surface area contributed by atoms with E-state index in [1.165, 1.54) is 41.2 Å². The zero-order valence-corrected chi connectivity index (χ0v) is 13.6. The van der Waals surface area contributed by atoms with Crippen molar-refractivity contribution in [3.05, 3.63) is 46.5 Å². The highest BCUT2D eigenvalue weighted by molar-refractivity contribution is 7.99. The second kappa shape index (κ2) is 6.51. The van der Waals surface area contributed by atoms with Gasteiger partial charge in [0.1, 0.15) is 23.9 Å². The first-order valence-electron chi connectivity index (χ1n) is 7.20. The number of nitrogens with zero attached hydrogens (tertiary/aromatic N) is 4. The molecule has 0 saturated carbocycles. The zero-order valence-electron chi connectivity index (χ0n) is 12.8. The first kappa shape index (κ1) is 16.9. The summed E-state index contributed by atoms with van der Waals surface area (Å²) >= 11 is 1.43. The number of carbonyl (C=O) groups excluding carboxylic acids is 1. The molecule has 0 radical (unpaired) electrons. The Morgan fingerprint density at radius 2 is 2.24 bits per heavy atom. The van der Waals surface area contributed by atoms with Gasteiger partial charge in [0.25, 0.3) is 11.6 Å². The number of carboxylic acid groups (broad SMARTS) is 1. The molecular weight excluding hydrogens is 350 g/mol. The summed E-state index contributed by atoms with van der Waals surface area (Å²) in [4.78, 5) is 38.4. The van der Waals surface area contributed by atoms with Gasteiger partial charge in [0, 0.05) is 17.4 Å². The molecule has 25 heavy (non-hydrogen) atoms. The van der Waals surface area contributed by atoms with E-state index in [1.807, 2.05) is 0 Å². The molecule has 0 bridgehead atoms. The molecule has 1 saturated heterocycles. The number of carbonyl (C=O) groups is 2. The van der Waals surface area contributed by atoms with E-state index < -0.39 is 22.3 Å². The average molecular weight is 363 g/mol. The van der Waals surface area contributed by atoms with E-state index in [9.17, 15) is 24.8 Å². The Kier molecular flexibility index (Phi) is 4.40. The lowest BCUT2D eigenvalue weighted by Gasteiger charge is -2.24. The van der Waals surface area contributed by atoms with Crippen LogP contribution >= 0.6 is 11.8 Å². The number of carboxylic acids is 1. The summed E-state index contributed by atoms with van der Waals surface area (Å²) in [5, 5.41) is 27.1. The summed E-state index contributed by atoms with van der Waals surface area (Å²) in [5.74, 6) is -0.900. The third-order valence-corrected chi connectivity index (χ3v) is 5.07. The van der Waals surface area contributed by atoms with Crippen LogP contribution in [0.3, 0.4) is 0 Å². The SMILES string of the molecule is O=C(NC1(C(=O)O)CCSC1)c1ccc(-n2cncn2)c([N+](=O)[O-])c1. The number of aliphatic carboxylic acids is 1. The van der Waals surface area contributed by atoms with Gasteiger partial charge in [-0.1, -0.05) is 0 Å². The van der Waals surface area contributed by atoms with E-state index in [1.54, 1.807) is 0 Å². The zero-order chi connectivity index (χ0) is 18.0. The molecule has 0 aliphatic carbocycles. The van der Waals surface area contributed by atoms with Crippen molar-refractivity contribution in [3.63, 3.8) is 0 Å². The largest absolute Gasteiger partial charge is 0.479 e. The molecule has 2 aromatic rings. The van der Waals surface area contributed by atoms with Crippen LogP contribution in [0.25, 0.3) is 5.69 Å². The van der Waals surface area contributed by atoms with Crippen LogP contribution in [-0.2, 0) is 4.79 Å². The van der Waals surface area contributed by atoms with Gasteiger partial charge < -0.3 is 10.4 Å². The van der Waals surface area contributed by atoms with Gasteiger partial charge in [-0.15, -0.1) is 0 Å². The molecular formula is C14H13N5O5S. The lowest BCUT2D eigenvalue weighted by molar-refractivity contribution is -0.384. The Bertz CT molecular complexity index is 832. The summed E-state index contributed by atoms with van der Waals surface area (Å²) in [7, 11) is 0. The second-order valence-corrected chi connectivity index (χ2v) is 6.55. The van der Waals surface area contributed by atoms with E-state index in [0.717, 1.165) is 6.07 Å². The highest BCUT2D eigenvalue weighted by Crippen LogP contribution is 2.29. The molecule has 1 fully saturated rings. The third-order valence-electron chi connectivity index (χ3n) is 3.88. The van der Waals surface area contributed by atoms with Crippen LogP contribution in [0.15, 0.2) is 30.9 Å². The first-order chi connectivity index (χ1) is 11.9. The lowest BCUT2D eigenvalue weighted by atomic mass is 9.98. The monoisotopic (exact) mass is 363 g/mol. The van der Waals surface area contributed by atoms with Crippen LogP contribution in [-0.4, -0.2) is 53.7 Å². The van der Waals surface area contributed by atoms with Crippen LogP contribution in [0.5, 0.6) is 0 Å². The number of nitro groups is 1. The van der Waals surface area contributed by atoms with Gasteiger partial charge in [-0.2, -0.15) is 16.9 Å². The van der Waals surface area contributed by atoms with E-state index in [0.29, 0.717) is 12.2 Å². The quantitative estimate of drug-likeness (QED) is 0.589. The van der Waals surface area contributed by atoms with Crippen molar-refractivity contribution in [1.82, 2.24) is 20.1 Å². The molecule has 0 spiro atoms. The molecule has 2 heterocycles. The molecule has 10 nitrogen and oxygen atoms in total. The van der Waals surface area contributed by atoms with E-state index >= 15 is 0 Å². The van der Waals surface area contributed by atoms with Gasteiger partial charge in [-0.3, -0.25) is 14.9 Å². The van der Waals surface area contributed by atoms with E-state index in [-0.39, 0.29) is 22.7 Å². The minimum Gasteiger partial charge on any atom is -0.479 e. The topological polar surface area (TPSA) is 140 Å². The van der Waals surface area contributed by atoms with Crippen molar-refractivity contribution in [2.24, 2.45) is 0 Å². The normalized spacial score (nSPS) is 19.5. The Balaban J connectivity index is 1.92. The maximum absolute atomic E-state index is 12.4. The summed E-state index contributed by atoms with van der Waals surface area (Å²) in [6.07, 6.45) is 2.84. The number of nitro benzene ring substituents is 1. The maximum Gasteiger partial charge on any atom is 0.330 e. The van der Waals surface area contributed by atoms with Gasteiger partial charge in [0.05, 0.1) is 4.92 Å². The average Bonchev–Trinajstić information content (AvgIpc) is 3.26. The molecule has 130 valence electrons. The minimum atomic E-state index is -1.35. The first-order valence-corrected chi connectivity index (χ1v) is 8.35. The fourth-order valence-corrected chi connectivity index (χ4v) is 3.84. The maximum atomic E-state index is 12.4. The number of thioether (sulfide) groups is 1. The van der Waals surface area contributed by atoms with Crippen LogP contribution in [0.4, 0.5) is 5.69 Å². The molecule has 1 aromatic heterocycles. The number of aromatic nitrogens is 3. The van der Waals surface area contributed by atoms with Gasteiger partial charge >= 0.3 is 5.97 Å². The van der Waals surface area contributed by atoms with Crippen molar-refractivity contribution < 1.29 is 19.6 Å². The molecule has 1 aliphatic rings. The number of benzene rings is 1. The van der Waals surface area contributed by atoms with Crippen molar-refractivity contribution in [1.29, 1.82) is 0 Å². The van der Waals surface area contributed by atoms with Gasteiger partial charge in [0.15, 0.2) is 0 Å². The summed E-state index contributed by atoms with van der Waals surface area (Å²) in [6.45, 7) is 0. The lowest BCUT2D eigenvalue weighted by Crippen LogP contribution is -2.54. The Morgan fingerprint density at radius 3 is 2.80 bits per heavy atom. The molecule has 1 amide bonds. The van der Waals surface area contributed by atoms with Crippen molar-refractivity contribution in [2.45, 2.75) is 12.0 Å². The molecule has 1 aromatic carbocycles. The van der Waals surface area contributed by atoms with Gasteiger partial charge in [0.2, 0.25) is 0 Å². The minimum absolute atomic E-state index is 0.00749. The molecule has 11 heteroatoms. The van der Waals surface area contributed by atoms with Crippen LogP contribution in [0.1, 0.15) is 16.8 Å². The number of nitrogens with one attached hydrogen (secondary N) is 1. The fourth-order valence-electron chi connectivity index (χ4n) is 2.51. The second-order valence-electron chi connectivity index (χ2n) is 5.44. The standard InChI is InChI=1S/C14H13N5O5S/c20-12(17-14(13(21)22)3-4-25-6-14)9-1-2-10(11(5-9)19(23)24)18-8-15-7-16-18/h1-2,5,7-8H,3-4,6H2,(H,17,20)(H,21,22). The molecule has 1 unspecified atom stereocenters. The predicted molar refractivity (Wildman–Crippen MR) is 87.8 cm³/mol. The van der Waals surface area contributed by atoms with E-state index in [4.69, 9.17) is 0 Å². The molecule has 1 atom stereocenters. The predicted octanol–water partition coefficient (Wildman–Crippen LogP) is 0.866. The Morgan fingerprint density at radius 1 is 1.44 bits per heavy atom. The fraction of sp³-hybridized carbons (Fsp3) is 0.286. The Labute approximate surface area is 145 Å². The molecule has 3 rings (SSSR count). The van der Waals surface area contributed by atoms with E-state index in [2.05, 4.69) is 15.4 Å². The number of amides is 1.